The van der Waals surface area contributed by atoms with Gasteiger partial charge in [0.1, 0.15) is 11.6 Å². The highest BCUT2D eigenvalue weighted by atomic mass is 19.1. The van der Waals surface area contributed by atoms with Crippen LogP contribution in [-0.2, 0) is 13.6 Å². The summed E-state index contributed by atoms with van der Waals surface area (Å²) in [7, 11) is 2.09. The molecular formula is C27H27FN4. The Labute approximate surface area is 188 Å². The molecule has 1 aliphatic rings. The lowest BCUT2D eigenvalue weighted by atomic mass is 9.95. The van der Waals surface area contributed by atoms with Crippen LogP contribution in [0.25, 0.3) is 22.5 Å². The molecule has 32 heavy (non-hydrogen) atoms. The highest BCUT2D eigenvalue weighted by Gasteiger charge is 2.24. The van der Waals surface area contributed by atoms with E-state index in [1.807, 2.05) is 30.6 Å². The SMILES string of the molecule is Cn1c(-c2ccc(-c3cccc(F)c3)nc2)cnc1C1CCN(Cc2ccccc2)CC1. The van der Waals surface area contributed by atoms with Gasteiger partial charge in [-0.25, -0.2) is 9.37 Å². The van der Waals surface area contributed by atoms with Crippen LogP contribution in [0, 0.1) is 5.82 Å². The molecule has 4 aromatic rings. The molecule has 2 aromatic heterocycles. The minimum absolute atomic E-state index is 0.250. The van der Waals surface area contributed by atoms with Crippen molar-refractivity contribution in [2.75, 3.05) is 13.1 Å². The van der Waals surface area contributed by atoms with Gasteiger partial charge in [-0.15, -0.1) is 0 Å². The first-order valence-electron chi connectivity index (χ1n) is 11.2. The van der Waals surface area contributed by atoms with Gasteiger partial charge >= 0.3 is 0 Å². The average molecular weight is 427 g/mol. The molecule has 0 spiro atoms. The number of aromatic nitrogens is 3. The van der Waals surface area contributed by atoms with Crippen molar-refractivity contribution in [2.24, 2.45) is 7.05 Å². The van der Waals surface area contributed by atoms with Gasteiger partial charge in [0.25, 0.3) is 0 Å². The summed E-state index contributed by atoms with van der Waals surface area (Å²) in [4.78, 5) is 11.9. The molecule has 0 bridgehead atoms. The first kappa shape index (κ1) is 20.6. The molecule has 0 unspecified atom stereocenters. The highest BCUT2D eigenvalue weighted by molar-refractivity contribution is 5.64. The Balaban J connectivity index is 1.27. The second-order valence-corrected chi connectivity index (χ2v) is 8.54. The second kappa shape index (κ2) is 9.05. The predicted molar refractivity (Wildman–Crippen MR) is 126 cm³/mol. The van der Waals surface area contributed by atoms with E-state index in [1.54, 1.807) is 6.07 Å². The molecule has 3 heterocycles. The van der Waals surface area contributed by atoms with Gasteiger partial charge in [0.15, 0.2) is 0 Å². The van der Waals surface area contributed by atoms with E-state index in [0.717, 1.165) is 60.8 Å². The van der Waals surface area contributed by atoms with E-state index in [-0.39, 0.29) is 5.82 Å². The molecule has 0 saturated carbocycles. The van der Waals surface area contributed by atoms with Gasteiger partial charge in [-0.2, -0.15) is 0 Å². The summed E-state index contributed by atoms with van der Waals surface area (Å²) in [6.45, 7) is 3.19. The number of hydrogen-bond acceptors (Lipinski definition) is 3. The lowest BCUT2D eigenvalue weighted by Crippen LogP contribution is -2.33. The van der Waals surface area contributed by atoms with Gasteiger partial charge in [-0.1, -0.05) is 42.5 Å². The highest BCUT2D eigenvalue weighted by Crippen LogP contribution is 2.31. The van der Waals surface area contributed by atoms with Crippen molar-refractivity contribution in [1.82, 2.24) is 19.4 Å². The van der Waals surface area contributed by atoms with Gasteiger partial charge in [0.05, 0.1) is 17.6 Å². The van der Waals surface area contributed by atoms with Crippen LogP contribution in [0.1, 0.15) is 30.1 Å². The summed E-state index contributed by atoms with van der Waals surface area (Å²) in [5, 5.41) is 0. The van der Waals surface area contributed by atoms with E-state index >= 15 is 0 Å². The largest absolute Gasteiger partial charge is 0.331 e. The molecule has 1 fully saturated rings. The standard InChI is InChI=1S/C27H27FN4/c1-31-26(23-10-11-25(29-17-23)22-8-5-9-24(28)16-22)18-30-27(31)21-12-14-32(15-13-21)19-20-6-3-2-4-7-20/h2-11,16-18,21H,12-15,19H2,1H3. The molecule has 0 aliphatic carbocycles. The third-order valence-corrected chi connectivity index (χ3v) is 6.41. The Morgan fingerprint density at radius 3 is 2.41 bits per heavy atom. The van der Waals surface area contributed by atoms with E-state index in [1.165, 1.54) is 17.7 Å². The van der Waals surface area contributed by atoms with Crippen LogP contribution in [0.5, 0.6) is 0 Å². The fourth-order valence-corrected chi connectivity index (χ4v) is 4.63. The number of piperidine rings is 1. The van der Waals surface area contributed by atoms with E-state index in [0.29, 0.717) is 5.92 Å². The van der Waals surface area contributed by atoms with Crippen LogP contribution in [0.4, 0.5) is 4.39 Å². The van der Waals surface area contributed by atoms with Crippen molar-refractivity contribution in [3.63, 3.8) is 0 Å². The van der Waals surface area contributed by atoms with Crippen molar-refractivity contribution in [3.8, 4) is 22.5 Å². The van der Waals surface area contributed by atoms with Crippen molar-refractivity contribution in [3.05, 3.63) is 96.3 Å². The lowest BCUT2D eigenvalue weighted by molar-refractivity contribution is 0.200. The maximum Gasteiger partial charge on any atom is 0.123 e. The molecular weight excluding hydrogens is 399 g/mol. The monoisotopic (exact) mass is 426 g/mol. The van der Waals surface area contributed by atoms with Crippen LogP contribution >= 0.6 is 0 Å². The van der Waals surface area contributed by atoms with Crippen LogP contribution < -0.4 is 0 Å². The topological polar surface area (TPSA) is 34.0 Å². The summed E-state index contributed by atoms with van der Waals surface area (Å²) in [5.74, 6) is 1.37. The number of hydrogen-bond donors (Lipinski definition) is 0. The fraction of sp³-hybridized carbons (Fsp3) is 0.259. The molecule has 0 atom stereocenters. The fourth-order valence-electron chi connectivity index (χ4n) is 4.63. The van der Waals surface area contributed by atoms with Gasteiger partial charge in [-0.3, -0.25) is 9.88 Å². The van der Waals surface area contributed by atoms with Crippen LogP contribution in [0.2, 0.25) is 0 Å². The predicted octanol–water partition coefficient (Wildman–Crippen LogP) is 5.67. The Kier molecular flexibility index (Phi) is 5.82. The summed E-state index contributed by atoms with van der Waals surface area (Å²) >= 11 is 0. The Hall–Kier alpha value is -3.31. The Morgan fingerprint density at radius 2 is 1.69 bits per heavy atom. The maximum absolute atomic E-state index is 13.5. The molecule has 5 rings (SSSR count). The van der Waals surface area contributed by atoms with E-state index in [4.69, 9.17) is 4.98 Å². The summed E-state index contributed by atoms with van der Waals surface area (Å²) in [6, 6.07) is 21.2. The summed E-state index contributed by atoms with van der Waals surface area (Å²) in [6.07, 6.45) is 6.04. The zero-order valence-electron chi connectivity index (χ0n) is 18.3. The maximum atomic E-state index is 13.5. The van der Waals surface area contributed by atoms with Gasteiger partial charge in [0.2, 0.25) is 0 Å². The van der Waals surface area contributed by atoms with E-state index in [2.05, 4.69) is 51.8 Å². The smallest absolute Gasteiger partial charge is 0.123 e. The number of imidazole rings is 1. The average Bonchev–Trinajstić information content (AvgIpc) is 3.21. The number of likely N-dealkylation sites (tertiary alicyclic amines) is 1. The van der Waals surface area contributed by atoms with Gasteiger partial charge in [0, 0.05) is 36.8 Å². The summed E-state index contributed by atoms with van der Waals surface area (Å²) < 4.78 is 15.7. The van der Waals surface area contributed by atoms with Crippen molar-refractivity contribution < 1.29 is 4.39 Å². The zero-order valence-corrected chi connectivity index (χ0v) is 18.3. The number of halogens is 1. The third kappa shape index (κ3) is 4.34. The van der Waals surface area contributed by atoms with Gasteiger partial charge < -0.3 is 4.57 Å². The van der Waals surface area contributed by atoms with Gasteiger partial charge in [-0.05, 0) is 55.8 Å². The molecule has 0 radical (unpaired) electrons. The third-order valence-electron chi connectivity index (χ3n) is 6.41. The van der Waals surface area contributed by atoms with Crippen molar-refractivity contribution >= 4 is 0 Å². The zero-order chi connectivity index (χ0) is 21.9. The number of rotatable bonds is 5. The number of pyridine rings is 1. The Morgan fingerprint density at radius 1 is 0.875 bits per heavy atom. The second-order valence-electron chi connectivity index (χ2n) is 8.54. The van der Waals surface area contributed by atoms with Crippen LogP contribution in [0.3, 0.4) is 0 Å². The van der Waals surface area contributed by atoms with Crippen molar-refractivity contribution in [2.45, 2.75) is 25.3 Å². The first-order valence-corrected chi connectivity index (χ1v) is 11.2. The van der Waals surface area contributed by atoms with E-state index in [9.17, 15) is 4.39 Å². The minimum atomic E-state index is -0.250. The lowest BCUT2D eigenvalue weighted by Gasteiger charge is -2.31. The van der Waals surface area contributed by atoms with Crippen LogP contribution in [0.15, 0.2) is 79.1 Å². The molecule has 0 amide bonds. The normalized spacial score (nSPS) is 15.2. The molecule has 1 saturated heterocycles. The summed E-state index contributed by atoms with van der Waals surface area (Å²) in [5.41, 5.74) is 5.00. The molecule has 0 N–H and O–H groups in total. The molecule has 1 aliphatic heterocycles. The first-order chi connectivity index (χ1) is 15.7. The number of nitrogens with zero attached hydrogens (tertiary/aromatic N) is 4. The quantitative estimate of drug-likeness (QED) is 0.412. The van der Waals surface area contributed by atoms with Crippen LogP contribution in [-0.4, -0.2) is 32.5 Å². The number of benzene rings is 2. The molecule has 5 heteroatoms. The van der Waals surface area contributed by atoms with E-state index < -0.39 is 0 Å². The Bertz CT molecular complexity index is 1180. The molecule has 2 aromatic carbocycles. The van der Waals surface area contributed by atoms with Crippen molar-refractivity contribution in [1.29, 1.82) is 0 Å². The minimum Gasteiger partial charge on any atom is -0.331 e. The molecule has 162 valence electrons. The molecule has 4 nitrogen and oxygen atoms in total.